The summed E-state index contributed by atoms with van der Waals surface area (Å²) in [5, 5.41) is 0. The Bertz CT molecular complexity index is 256. The molecule has 0 aliphatic carbocycles. The van der Waals surface area contributed by atoms with Crippen molar-refractivity contribution >= 4 is 0 Å². The Kier molecular flexibility index (Phi) is 18.4. The van der Waals surface area contributed by atoms with E-state index in [4.69, 9.17) is 0 Å². The van der Waals surface area contributed by atoms with E-state index in [9.17, 15) is 0 Å². The van der Waals surface area contributed by atoms with Crippen molar-refractivity contribution < 1.29 is 0 Å². The third kappa shape index (κ3) is 16.3. The Labute approximate surface area is 154 Å². The zero-order valence-electron chi connectivity index (χ0n) is 17.1. The topological polar surface area (TPSA) is 0 Å². The molecule has 0 bridgehead atoms. The van der Waals surface area contributed by atoms with E-state index < -0.39 is 0 Å². The van der Waals surface area contributed by atoms with Crippen LogP contribution in [0.3, 0.4) is 0 Å². The summed E-state index contributed by atoms with van der Waals surface area (Å²) in [6.07, 6.45) is 24.6. The maximum atomic E-state index is 4.26. The van der Waals surface area contributed by atoms with Crippen LogP contribution in [0.15, 0.2) is 24.3 Å². The molecule has 0 N–H and O–H groups in total. The van der Waals surface area contributed by atoms with Crippen molar-refractivity contribution in [2.24, 2.45) is 0 Å². The molecule has 0 spiro atoms. The van der Waals surface area contributed by atoms with Crippen LogP contribution in [0.2, 0.25) is 0 Å². The average molecular weight is 335 g/mol. The minimum absolute atomic E-state index is 1.17. The summed E-state index contributed by atoms with van der Waals surface area (Å²) < 4.78 is 0. The second kappa shape index (κ2) is 18.8. The Morgan fingerprint density at radius 1 is 0.417 bits per heavy atom. The lowest BCUT2D eigenvalue weighted by Gasteiger charge is -2.09. The van der Waals surface area contributed by atoms with Gasteiger partial charge in [0.1, 0.15) is 0 Å². The van der Waals surface area contributed by atoms with Crippen LogP contribution in [0.25, 0.3) is 0 Å². The molecule has 0 aliphatic rings. The van der Waals surface area contributed by atoms with Crippen molar-refractivity contribution in [1.29, 1.82) is 0 Å². The fourth-order valence-electron chi connectivity index (χ4n) is 3.30. The maximum absolute atomic E-state index is 4.26. The van der Waals surface area contributed by atoms with Crippen LogP contribution >= 0.6 is 0 Å². The molecular formula is C24H46. The molecule has 0 saturated heterocycles. The Morgan fingerprint density at radius 3 is 0.958 bits per heavy atom. The van der Waals surface area contributed by atoms with E-state index in [2.05, 4.69) is 27.0 Å². The van der Waals surface area contributed by atoms with Gasteiger partial charge in [-0.25, -0.2) is 0 Å². The Balaban J connectivity index is 3.36. The standard InChI is InChI=1S/C24H46/c1-5-7-9-11-13-15-17-19-21-23(3)24(4)22-20-18-16-14-12-10-8-6-2/h3-22H2,1-2H3. The number of hydrogen-bond donors (Lipinski definition) is 0. The zero-order chi connectivity index (χ0) is 17.9. The summed E-state index contributed by atoms with van der Waals surface area (Å²) in [5.74, 6) is 0. The van der Waals surface area contributed by atoms with Crippen LogP contribution in [0.1, 0.15) is 129 Å². The zero-order valence-corrected chi connectivity index (χ0v) is 17.1. The van der Waals surface area contributed by atoms with Crippen molar-refractivity contribution in [2.75, 3.05) is 0 Å². The summed E-state index contributed by atoms with van der Waals surface area (Å²) in [5.41, 5.74) is 2.65. The monoisotopic (exact) mass is 334 g/mol. The number of rotatable bonds is 19. The van der Waals surface area contributed by atoms with Crippen molar-refractivity contribution in [2.45, 2.75) is 129 Å². The molecule has 24 heavy (non-hydrogen) atoms. The van der Waals surface area contributed by atoms with E-state index >= 15 is 0 Å². The summed E-state index contributed by atoms with van der Waals surface area (Å²) in [7, 11) is 0. The maximum Gasteiger partial charge on any atom is -0.0282 e. The summed E-state index contributed by atoms with van der Waals surface area (Å²) in [4.78, 5) is 0. The first-order valence-corrected chi connectivity index (χ1v) is 11.1. The average Bonchev–Trinajstić information content (AvgIpc) is 2.59. The molecule has 0 unspecified atom stereocenters. The fraction of sp³-hybridized carbons (Fsp3) is 0.833. The van der Waals surface area contributed by atoms with Crippen LogP contribution < -0.4 is 0 Å². The van der Waals surface area contributed by atoms with E-state index in [1.54, 1.807) is 0 Å². The minimum Gasteiger partial charge on any atom is -0.0956 e. The fourth-order valence-corrected chi connectivity index (χ4v) is 3.30. The molecule has 0 fully saturated rings. The third-order valence-corrected chi connectivity index (χ3v) is 5.16. The molecule has 0 aromatic carbocycles. The molecule has 142 valence electrons. The first-order chi connectivity index (χ1) is 11.7. The van der Waals surface area contributed by atoms with Gasteiger partial charge in [0, 0.05) is 0 Å². The highest BCUT2D eigenvalue weighted by Crippen LogP contribution is 2.21. The molecule has 0 aromatic rings. The van der Waals surface area contributed by atoms with Gasteiger partial charge in [-0.1, -0.05) is 128 Å². The van der Waals surface area contributed by atoms with E-state index in [1.807, 2.05) is 0 Å². The van der Waals surface area contributed by atoms with Crippen LogP contribution in [0, 0.1) is 0 Å². The molecule has 0 heterocycles. The van der Waals surface area contributed by atoms with Gasteiger partial charge in [-0.3, -0.25) is 0 Å². The number of unbranched alkanes of at least 4 members (excludes halogenated alkanes) is 14. The van der Waals surface area contributed by atoms with Crippen LogP contribution in [-0.2, 0) is 0 Å². The van der Waals surface area contributed by atoms with Crippen LogP contribution in [0.4, 0.5) is 0 Å². The summed E-state index contributed by atoms with van der Waals surface area (Å²) in [6.45, 7) is 13.1. The lowest BCUT2D eigenvalue weighted by atomic mass is 9.97. The largest absolute Gasteiger partial charge is 0.0956 e. The molecule has 0 aromatic heterocycles. The first-order valence-electron chi connectivity index (χ1n) is 11.1. The lowest BCUT2D eigenvalue weighted by molar-refractivity contribution is 0.570. The highest BCUT2D eigenvalue weighted by molar-refractivity contribution is 5.24. The molecule has 0 aliphatic heterocycles. The molecule has 0 nitrogen and oxygen atoms in total. The van der Waals surface area contributed by atoms with Crippen LogP contribution in [-0.4, -0.2) is 0 Å². The van der Waals surface area contributed by atoms with Gasteiger partial charge in [-0.05, 0) is 25.7 Å². The van der Waals surface area contributed by atoms with Gasteiger partial charge in [-0.2, -0.15) is 0 Å². The van der Waals surface area contributed by atoms with E-state index in [0.717, 1.165) is 0 Å². The molecule has 0 saturated carbocycles. The summed E-state index contributed by atoms with van der Waals surface area (Å²) >= 11 is 0. The lowest BCUT2D eigenvalue weighted by Crippen LogP contribution is -1.90. The van der Waals surface area contributed by atoms with Gasteiger partial charge in [0.05, 0.1) is 0 Å². The molecule has 0 amide bonds. The molecule has 0 radical (unpaired) electrons. The second-order valence-electron chi connectivity index (χ2n) is 7.66. The van der Waals surface area contributed by atoms with Gasteiger partial charge in [0.15, 0.2) is 0 Å². The molecular weight excluding hydrogens is 288 g/mol. The SMILES string of the molecule is C=C(CCCCCCCCCC)C(=C)CCCCCCCCCC. The highest BCUT2D eigenvalue weighted by atomic mass is 14.1. The van der Waals surface area contributed by atoms with Crippen molar-refractivity contribution in [3.63, 3.8) is 0 Å². The van der Waals surface area contributed by atoms with Gasteiger partial charge in [-0.15, -0.1) is 0 Å². The normalized spacial score (nSPS) is 10.9. The van der Waals surface area contributed by atoms with Gasteiger partial charge in [0.25, 0.3) is 0 Å². The van der Waals surface area contributed by atoms with Gasteiger partial charge in [0.2, 0.25) is 0 Å². The van der Waals surface area contributed by atoms with E-state index in [0.29, 0.717) is 0 Å². The molecule has 0 heteroatoms. The van der Waals surface area contributed by atoms with E-state index in [1.165, 1.54) is 127 Å². The Hall–Kier alpha value is -0.520. The molecule has 0 atom stereocenters. The number of allylic oxidation sites excluding steroid dienone is 2. The highest BCUT2D eigenvalue weighted by Gasteiger charge is 2.01. The Morgan fingerprint density at radius 2 is 0.667 bits per heavy atom. The van der Waals surface area contributed by atoms with Gasteiger partial charge < -0.3 is 0 Å². The van der Waals surface area contributed by atoms with Gasteiger partial charge >= 0.3 is 0 Å². The van der Waals surface area contributed by atoms with Crippen molar-refractivity contribution in [3.8, 4) is 0 Å². The van der Waals surface area contributed by atoms with Crippen molar-refractivity contribution in [3.05, 3.63) is 24.3 Å². The second-order valence-corrected chi connectivity index (χ2v) is 7.66. The summed E-state index contributed by atoms with van der Waals surface area (Å²) in [6, 6.07) is 0. The van der Waals surface area contributed by atoms with Crippen LogP contribution in [0.5, 0.6) is 0 Å². The van der Waals surface area contributed by atoms with E-state index in [-0.39, 0.29) is 0 Å². The predicted molar refractivity (Wildman–Crippen MR) is 113 cm³/mol. The predicted octanol–water partition coefficient (Wildman–Crippen LogP) is 9.16. The first kappa shape index (κ1) is 23.5. The molecule has 0 rings (SSSR count). The third-order valence-electron chi connectivity index (χ3n) is 5.16. The quantitative estimate of drug-likeness (QED) is 0.163. The smallest absolute Gasteiger partial charge is 0.0282 e. The minimum atomic E-state index is 1.17. The number of hydrogen-bond acceptors (Lipinski definition) is 0. The van der Waals surface area contributed by atoms with Crippen molar-refractivity contribution in [1.82, 2.24) is 0 Å².